The number of halogens is 1. The standard InChI is InChI=1S/C18H26FN3O2/c1-22(21)15-6-4-3-5-14(16(19)17(15)20)11-12-7-9-13(10-8-12)18(23)24-2/h7-10,14,16H,3-6,11,20-21H2,1-2H3/b17-15-. The zero-order valence-electron chi connectivity index (χ0n) is 14.3. The summed E-state index contributed by atoms with van der Waals surface area (Å²) >= 11 is 0. The third-order valence-corrected chi connectivity index (χ3v) is 4.58. The van der Waals surface area contributed by atoms with Crippen molar-refractivity contribution in [2.75, 3.05) is 14.2 Å². The van der Waals surface area contributed by atoms with Crippen LogP contribution < -0.4 is 11.6 Å². The second-order valence-corrected chi connectivity index (χ2v) is 6.31. The lowest BCUT2D eigenvalue weighted by atomic mass is 9.85. The number of hydrogen-bond acceptors (Lipinski definition) is 5. The molecule has 1 aromatic rings. The molecule has 0 aromatic heterocycles. The highest BCUT2D eigenvalue weighted by atomic mass is 19.1. The van der Waals surface area contributed by atoms with Gasteiger partial charge in [0, 0.05) is 7.05 Å². The number of ether oxygens (including phenoxy) is 1. The van der Waals surface area contributed by atoms with Gasteiger partial charge in [-0.1, -0.05) is 18.6 Å². The molecule has 0 radical (unpaired) electrons. The van der Waals surface area contributed by atoms with E-state index in [2.05, 4.69) is 4.74 Å². The van der Waals surface area contributed by atoms with Gasteiger partial charge >= 0.3 is 5.97 Å². The van der Waals surface area contributed by atoms with Crippen molar-refractivity contribution in [1.29, 1.82) is 0 Å². The molecule has 0 saturated carbocycles. The Hall–Kier alpha value is -2.08. The summed E-state index contributed by atoms with van der Waals surface area (Å²) < 4.78 is 19.6. The summed E-state index contributed by atoms with van der Waals surface area (Å²) in [4.78, 5) is 11.5. The van der Waals surface area contributed by atoms with Crippen LogP contribution in [0.2, 0.25) is 0 Å². The van der Waals surface area contributed by atoms with E-state index in [-0.39, 0.29) is 17.6 Å². The van der Waals surface area contributed by atoms with E-state index in [9.17, 15) is 9.18 Å². The smallest absolute Gasteiger partial charge is 0.337 e. The van der Waals surface area contributed by atoms with Crippen LogP contribution in [0.5, 0.6) is 0 Å². The maximum atomic E-state index is 14.9. The van der Waals surface area contributed by atoms with Crippen molar-refractivity contribution in [2.24, 2.45) is 17.5 Å². The molecule has 1 aliphatic carbocycles. The highest BCUT2D eigenvalue weighted by molar-refractivity contribution is 5.89. The van der Waals surface area contributed by atoms with E-state index in [1.165, 1.54) is 12.1 Å². The first-order valence-electron chi connectivity index (χ1n) is 8.22. The summed E-state index contributed by atoms with van der Waals surface area (Å²) in [5.41, 5.74) is 8.44. The Bertz CT molecular complexity index is 599. The van der Waals surface area contributed by atoms with Gasteiger partial charge in [-0.15, -0.1) is 0 Å². The third kappa shape index (κ3) is 4.26. The number of nitrogens with two attached hydrogens (primary N) is 2. The van der Waals surface area contributed by atoms with Crippen LogP contribution in [0.3, 0.4) is 0 Å². The van der Waals surface area contributed by atoms with E-state index >= 15 is 0 Å². The molecule has 6 heteroatoms. The average molecular weight is 335 g/mol. The summed E-state index contributed by atoms with van der Waals surface area (Å²) in [6, 6.07) is 7.09. The van der Waals surface area contributed by atoms with Crippen molar-refractivity contribution in [2.45, 2.75) is 38.3 Å². The van der Waals surface area contributed by atoms with Crippen LogP contribution in [0.1, 0.15) is 41.6 Å². The summed E-state index contributed by atoms with van der Waals surface area (Å²) in [5.74, 6) is 5.21. The number of nitrogens with zero attached hydrogens (tertiary/aromatic N) is 1. The number of hydrogen-bond donors (Lipinski definition) is 2. The summed E-state index contributed by atoms with van der Waals surface area (Å²) in [6.45, 7) is 0. The van der Waals surface area contributed by atoms with Crippen LogP contribution in [-0.4, -0.2) is 31.3 Å². The molecular formula is C18H26FN3O2. The summed E-state index contributed by atoms with van der Waals surface area (Å²) in [6.07, 6.45) is 2.73. The van der Waals surface area contributed by atoms with Crippen molar-refractivity contribution >= 4 is 5.97 Å². The Morgan fingerprint density at radius 1 is 1.33 bits per heavy atom. The Morgan fingerprint density at radius 2 is 2.00 bits per heavy atom. The predicted octanol–water partition coefficient (Wildman–Crippen LogP) is 2.52. The van der Waals surface area contributed by atoms with Gasteiger partial charge in [0.1, 0.15) is 6.17 Å². The van der Waals surface area contributed by atoms with Gasteiger partial charge in [-0.2, -0.15) is 0 Å². The summed E-state index contributed by atoms with van der Waals surface area (Å²) in [5, 5.41) is 1.43. The number of carbonyl (C=O) groups excluding carboxylic acids is 1. The molecule has 0 heterocycles. The highest BCUT2D eigenvalue weighted by Crippen LogP contribution is 2.30. The van der Waals surface area contributed by atoms with Crippen molar-refractivity contribution in [3.63, 3.8) is 0 Å². The minimum Gasteiger partial charge on any atom is -0.465 e. The number of carbonyl (C=O) groups is 1. The molecule has 0 spiro atoms. The number of allylic oxidation sites excluding steroid dienone is 2. The second-order valence-electron chi connectivity index (χ2n) is 6.31. The third-order valence-electron chi connectivity index (χ3n) is 4.58. The van der Waals surface area contributed by atoms with Gasteiger partial charge < -0.3 is 15.5 Å². The predicted molar refractivity (Wildman–Crippen MR) is 91.5 cm³/mol. The van der Waals surface area contributed by atoms with Gasteiger partial charge in [-0.3, -0.25) is 0 Å². The number of rotatable bonds is 4. The molecule has 1 aliphatic rings. The fraction of sp³-hybridized carbons (Fsp3) is 0.500. The van der Waals surface area contributed by atoms with Crippen molar-refractivity contribution < 1.29 is 13.9 Å². The van der Waals surface area contributed by atoms with Crippen LogP contribution in [0.4, 0.5) is 4.39 Å². The van der Waals surface area contributed by atoms with Crippen molar-refractivity contribution in [1.82, 2.24) is 5.01 Å². The number of alkyl halides is 1. The first-order valence-corrected chi connectivity index (χ1v) is 8.22. The second kappa shape index (κ2) is 8.15. The zero-order valence-corrected chi connectivity index (χ0v) is 14.3. The lowest BCUT2D eigenvalue weighted by molar-refractivity contribution is 0.0600. The number of hydrazine groups is 1. The topological polar surface area (TPSA) is 81.6 Å². The Labute approximate surface area is 142 Å². The molecule has 1 aromatic carbocycles. The van der Waals surface area contributed by atoms with Crippen LogP contribution in [0.25, 0.3) is 0 Å². The Balaban J connectivity index is 2.15. The van der Waals surface area contributed by atoms with Gasteiger partial charge in [0.2, 0.25) is 0 Å². The molecule has 2 unspecified atom stereocenters. The molecular weight excluding hydrogens is 309 g/mol. The van der Waals surface area contributed by atoms with Crippen LogP contribution in [0.15, 0.2) is 35.7 Å². The average Bonchev–Trinajstić information content (AvgIpc) is 2.58. The minimum atomic E-state index is -1.22. The lowest BCUT2D eigenvalue weighted by Crippen LogP contribution is -2.34. The van der Waals surface area contributed by atoms with E-state index in [0.29, 0.717) is 24.1 Å². The van der Waals surface area contributed by atoms with Gasteiger partial charge in [0.25, 0.3) is 0 Å². The van der Waals surface area contributed by atoms with E-state index in [0.717, 1.165) is 24.8 Å². The van der Waals surface area contributed by atoms with Gasteiger partial charge in [-0.25, -0.2) is 15.0 Å². The minimum absolute atomic E-state index is 0.191. The Morgan fingerprint density at radius 3 is 2.58 bits per heavy atom. The van der Waals surface area contributed by atoms with Crippen LogP contribution >= 0.6 is 0 Å². The molecule has 0 bridgehead atoms. The van der Waals surface area contributed by atoms with Crippen LogP contribution in [0, 0.1) is 5.92 Å². The van der Waals surface area contributed by atoms with Crippen LogP contribution in [-0.2, 0) is 11.2 Å². The molecule has 2 rings (SSSR count). The first kappa shape index (κ1) is 18.3. The zero-order chi connectivity index (χ0) is 17.7. The monoisotopic (exact) mass is 335 g/mol. The lowest BCUT2D eigenvalue weighted by Gasteiger charge is -2.29. The Kier molecular flexibility index (Phi) is 6.20. The molecule has 132 valence electrons. The van der Waals surface area contributed by atoms with E-state index in [4.69, 9.17) is 11.6 Å². The summed E-state index contributed by atoms with van der Waals surface area (Å²) in [7, 11) is 3.04. The fourth-order valence-electron chi connectivity index (χ4n) is 3.19. The van der Waals surface area contributed by atoms with Gasteiger partial charge in [-0.05, 0) is 49.3 Å². The maximum Gasteiger partial charge on any atom is 0.337 e. The maximum absolute atomic E-state index is 14.9. The quantitative estimate of drug-likeness (QED) is 0.502. The molecule has 0 saturated heterocycles. The molecule has 0 amide bonds. The molecule has 0 aliphatic heterocycles. The molecule has 2 atom stereocenters. The highest BCUT2D eigenvalue weighted by Gasteiger charge is 2.28. The number of esters is 1. The van der Waals surface area contributed by atoms with E-state index in [1.807, 2.05) is 12.1 Å². The molecule has 5 nitrogen and oxygen atoms in total. The SMILES string of the molecule is COC(=O)c1ccc(CC2CCCC/C(N(C)N)=C(/N)C2F)cc1. The molecule has 0 fully saturated rings. The normalized spacial score (nSPS) is 24.8. The van der Waals surface area contributed by atoms with Crippen molar-refractivity contribution in [3.05, 3.63) is 46.8 Å². The molecule has 4 N–H and O–H groups in total. The molecule has 24 heavy (non-hydrogen) atoms. The first-order chi connectivity index (χ1) is 11.4. The van der Waals surface area contributed by atoms with Gasteiger partial charge in [0.15, 0.2) is 0 Å². The fourth-order valence-corrected chi connectivity index (χ4v) is 3.19. The largest absolute Gasteiger partial charge is 0.465 e. The van der Waals surface area contributed by atoms with E-state index in [1.54, 1.807) is 19.2 Å². The number of benzene rings is 1. The van der Waals surface area contributed by atoms with Crippen molar-refractivity contribution in [3.8, 4) is 0 Å². The van der Waals surface area contributed by atoms with E-state index < -0.39 is 6.17 Å². The number of methoxy groups -OCH3 is 1. The van der Waals surface area contributed by atoms with Gasteiger partial charge in [0.05, 0.1) is 24.1 Å².